The molecule has 140 valence electrons. The first-order chi connectivity index (χ1) is 11.7. The standard InChI is InChI=1S/C7H9N.C6H16O3Si.C5H11N/c8-6-7-4-2-1-3-5-7;1-4-7-10(8-5-2)9-6-3;1-2-5-3-6-4-5/h1-5H,6,8H2;10H,4-6H2,1-3H3;5-6H,2-4H2,1H3. The predicted molar refractivity (Wildman–Crippen MR) is 103 cm³/mol. The van der Waals surface area contributed by atoms with Crippen LogP contribution in [0.15, 0.2) is 30.3 Å². The van der Waals surface area contributed by atoms with Crippen LogP contribution in [0.2, 0.25) is 0 Å². The van der Waals surface area contributed by atoms with E-state index in [4.69, 9.17) is 19.0 Å². The number of nitrogens with one attached hydrogen (secondary N) is 1. The van der Waals surface area contributed by atoms with Gasteiger partial charge in [0.1, 0.15) is 0 Å². The Kier molecular flexibility index (Phi) is 16.5. The molecule has 6 heteroatoms. The summed E-state index contributed by atoms with van der Waals surface area (Å²) in [5.41, 5.74) is 6.54. The average molecular weight is 357 g/mol. The molecule has 5 nitrogen and oxygen atoms in total. The summed E-state index contributed by atoms with van der Waals surface area (Å²) in [4.78, 5) is 0. The molecule has 1 aromatic carbocycles. The summed E-state index contributed by atoms with van der Waals surface area (Å²) in [5, 5.41) is 3.21. The molecule has 1 heterocycles. The molecule has 3 N–H and O–H groups in total. The summed E-state index contributed by atoms with van der Waals surface area (Å²) in [7, 11) is -1.73. The van der Waals surface area contributed by atoms with E-state index in [2.05, 4.69) is 12.2 Å². The van der Waals surface area contributed by atoms with Gasteiger partial charge in [-0.25, -0.2) is 0 Å². The van der Waals surface area contributed by atoms with Crippen molar-refractivity contribution in [2.45, 2.75) is 40.7 Å². The molecule has 0 aromatic heterocycles. The Bertz CT molecular complexity index is 348. The van der Waals surface area contributed by atoms with Crippen molar-refractivity contribution in [3.8, 4) is 0 Å². The lowest BCUT2D eigenvalue weighted by Crippen LogP contribution is -2.41. The van der Waals surface area contributed by atoms with Crippen molar-refractivity contribution in [3.63, 3.8) is 0 Å². The molecule has 0 aliphatic carbocycles. The van der Waals surface area contributed by atoms with Crippen LogP contribution in [0.3, 0.4) is 0 Å². The average Bonchev–Trinajstić information content (AvgIpc) is 2.56. The lowest BCUT2D eigenvalue weighted by atomic mass is 10.0. The van der Waals surface area contributed by atoms with Gasteiger partial charge in [0.15, 0.2) is 0 Å². The Labute approximate surface area is 149 Å². The second-order valence-corrected chi connectivity index (χ2v) is 6.85. The van der Waals surface area contributed by atoms with E-state index in [-0.39, 0.29) is 0 Å². The topological polar surface area (TPSA) is 65.7 Å². The van der Waals surface area contributed by atoms with E-state index in [0.717, 1.165) is 5.92 Å². The second-order valence-electron chi connectivity index (χ2n) is 5.28. The molecule has 2 rings (SSSR count). The third-order valence-electron chi connectivity index (χ3n) is 3.43. The molecule has 24 heavy (non-hydrogen) atoms. The highest BCUT2D eigenvalue weighted by molar-refractivity contribution is 6.36. The van der Waals surface area contributed by atoms with Crippen LogP contribution in [0.4, 0.5) is 0 Å². The Morgan fingerprint density at radius 2 is 1.46 bits per heavy atom. The van der Waals surface area contributed by atoms with Gasteiger partial charge < -0.3 is 24.3 Å². The zero-order chi connectivity index (χ0) is 18.0. The fourth-order valence-corrected chi connectivity index (χ4v) is 2.91. The molecule has 1 fully saturated rings. The highest BCUT2D eigenvalue weighted by Crippen LogP contribution is 2.05. The van der Waals surface area contributed by atoms with Crippen molar-refractivity contribution in [2.24, 2.45) is 11.7 Å². The van der Waals surface area contributed by atoms with Crippen LogP contribution < -0.4 is 11.1 Å². The van der Waals surface area contributed by atoms with Crippen molar-refractivity contribution >= 4 is 9.53 Å². The minimum Gasteiger partial charge on any atom is -0.376 e. The summed E-state index contributed by atoms with van der Waals surface area (Å²) >= 11 is 0. The molecule has 1 aromatic rings. The zero-order valence-corrected chi connectivity index (χ0v) is 16.9. The summed E-state index contributed by atoms with van der Waals surface area (Å²) in [6, 6.07) is 9.99. The van der Waals surface area contributed by atoms with Gasteiger partial charge in [-0.3, -0.25) is 0 Å². The van der Waals surface area contributed by atoms with Crippen LogP contribution in [0, 0.1) is 5.92 Å². The molecular weight excluding hydrogens is 320 g/mol. The van der Waals surface area contributed by atoms with Gasteiger partial charge in [0.25, 0.3) is 0 Å². The highest BCUT2D eigenvalue weighted by Gasteiger charge is 2.12. The molecule has 0 amide bonds. The molecule has 1 aliphatic heterocycles. The van der Waals surface area contributed by atoms with Crippen molar-refractivity contribution in [2.75, 3.05) is 32.9 Å². The molecule has 0 atom stereocenters. The summed E-state index contributed by atoms with van der Waals surface area (Å²) in [6.45, 7) is 13.3. The maximum absolute atomic E-state index is 5.35. The van der Waals surface area contributed by atoms with Gasteiger partial charge in [0.05, 0.1) is 0 Å². The smallest absolute Gasteiger partial charge is 0.376 e. The number of rotatable bonds is 8. The monoisotopic (exact) mass is 356 g/mol. The van der Waals surface area contributed by atoms with Crippen LogP contribution in [0.1, 0.15) is 39.7 Å². The minimum atomic E-state index is -1.73. The third-order valence-corrected chi connectivity index (χ3v) is 5.25. The Balaban J connectivity index is 0.000000340. The lowest BCUT2D eigenvalue weighted by Gasteiger charge is -2.25. The van der Waals surface area contributed by atoms with E-state index in [1.54, 1.807) is 0 Å². The molecule has 1 saturated heterocycles. The van der Waals surface area contributed by atoms with E-state index >= 15 is 0 Å². The van der Waals surface area contributed by atoms with E-state index < -0.39 is 9.53 Å². The van der Waals surface area contributed by atoms with E-state index in [9.17, 15) is 0 Å². The summed E-state index contributed by atoms with van der Waals surface area (Å²) in [6.07, 6.45) is 1.35. The van der Waals surface area contributed by atoms with Crippen LogP contribution in [-0.2, 0) is 19.8 Å². The van der Waals surface area contributed by atoms with Crippen molar-refractivity contribution < 1.29 is 13.3 Å². The van der Waals surface area contributed by atoms with Gasteiger partial charge in [0, 0.05) is 26.4 Å². The largest absolute Gasteiger partial charge is 0.484 e. The van der Waals surface area contributed by atoms with Gasteiger partial charge >= 0.3 is 9.53 Å². The van der Waals surface area contributed by atoms with Crippen molar-refractivity contribution in [1.29, 1.82) is 0 Å². The lowest BCUT2D eigenvalue weighted by molar-refractivity contribution is 0.107. The molecule has 0 spiro atoms. The molecular formula is C18H36N2O3Si. The first kappa shape index (κ1) is 23.2. The third kappa shape index (κ3) is 12.6. The van der Waals surface area contributed by atoms with Crippen LogP contribution in [-0.4, -0.2) is 42.4 Å². The zero-order valence-electron chi connectivity index (χ0n) is 15.8. The van der Waals surface area contributed by atoms with Gasteiger partial charge in [-0.1, -0.05) is 43.7 Å². The maximum atomic E-state index is 5.35. The van der Waals surface area contributed by atoms with Crippen LogP contribution in [0.5, 0.6) is 0 Å². The van der Waals surface area contributed by atoms with E-state index in [0.29, 0.717) is 26.4 Å². The predicted octanol–water partition coefficient (Wildman–Crippen LogP) is 2.57. The van der Waals surface area contributed by atoms with Crippen molar-refractivity contribution in [1.82, 2.24) is 5.32 Å². The Morgan fingerprint density at radius 1 is 0.958 bits per heavy atom. The van der Waals surface area contributed by atoms with E-state index in [1.165, 1.54) is 25.1 Å². The van der Waals surface area contributed by atoms with Gasteiger partial charge in [-0.15, -0.1) is 0 Å². The first-order valence-corrected chi connectivity index (χ1v) is 10.4. The number of benzene rings is 1. The molecule has 0 bridgehead atoms. The fraction of sp³-hybridized carbons (Fsp3) is 0.667. The molecule has 0 unspecified atom stereocenters. The summed E-state index contributed by atoms with van der Waals surface area (Å²) in [5.74, 6) is 1.00. The molecule has 1 aliphatic rings. The first-order valence-electron chi connectivity index (χ1n) is 9.01. The maximum Gasteiger partial charge on any atom is 0.484 e. The van der Waals surface area contributed by atoms with Crippen LogP contribution >= 0.6 is 0 Å². The molecule has 0 radical (unpaired) electrons. The number of hydrogen-bond acceptors (Lipinski definition) is 5. The Hall–Kier alpha value is -0.763. The number of nitrogens with two attached hydrogens (primary N) is 1. The second kappa shape index (κ2) is 17.1. The minimum absolute atomic E-state index is 0.640. The normalized spacial score (nSPS) is 13.4. The fourth-order valence-electron chi connectivity index (χ4n) is 1.80. The quantitative estimate of drug-likeness (QED) is 0.701. The van der Waals surface area contributed by atoms with Gasteiger partial charge in [0.2, 0.25) is 0 Å². The van der Waals surface area contributed by atoms with Crippen molar-refractivity contribution in [3.05, 3.63) is 35.9 Å². The van der Waals surface area contributed by atoms with E-state index in [1.807, 2.05) is 51.1 Å². The summed E-state index contributed by atoms with van der Waals surface area (Å²) < 4.78 is 15.7. The number of hydrogen-bond donors (Lipinski definition) is 2. The van der Waals surface area contributed by atoms with Gasteiger partial charge in [-0.2, -0.15) is 0 Å². The SMILES string of the molecule is CCC1CNC1.CCO[SiH](OCC)OCC.NCc1ccccc1. The molecule has 0 saturated carbocycles. The Morgan fingerprint density at radius 3 is 1.67 bits per heavy atom. The highest BCUT2D eigenvalue weighted by atomic mass is 28.3. The van der Waals surface area contributed by atoms with Crippen LogP contribution in [0.25, 0.3) is 0 Å². The van der Waals surface area contributed by atoms with Gasteiger partial charge in [-0.05, 0) is 45.3 Å².